The molecule has 2 N–H and O–H groups in total. The Balaban J connectivity index is 1.98. The summed E-state index contributed by atoms with van der Waals surface area (Å²) in [6, 6.07) is 22.1. The molecule has 0 bridgehead atoms. The lowest BCUT2D eigenvalue weighted by Crippen LogP contribution is -2.22. The highest BCUT2D eigenvalue weighted by Gasteiger charge is 2.08. The number of aliphatic imine (C=N–C) groups is 1. The van der Waals surface area contributed by atoms with Crippen LogP contribution in [0.25, 0.3) is 0 Å². The third kappa shape index (κ3) is 4.67. The van der Waals surface area contributed by atoms with Gasteiger partial charge in [0.05, 0.1) is 32.1 Å². The Bertz CT molecular complexity index is 860. The summed E-state index contributed by atoms with van der Waals surface area (Å²) in [4.78, 5) is 4.58. The summed E-state index contributed by atoms with van der Waals surface area (Å²) in [5.74, 6) is 0.453. The van der Waals surface area contributed by atoms with Crippen LogP contribution in [0.5, 0.6) is 0 Å². The number of anilines is 2. The van der Waals surface area contributed by atoms with Gasteiger partial charge < -0.3 is 10.6 Å². The second-order valence-electron chi connectivity index (χ2n) is 5.12. The molecule has 0 aliphatic rings. The second-order valence-corrected chi connectivity index (χ2v) is 6.34. The molecule has 0 unspecified atom stereocenters. The Kier molecular flexibility index (Phi) is 5.82. The molecule has 0 saturated heterocycles. The van der Waals surface area contributed by atoms with E-state index < -0.39 is 0 Å². The van der Waals surface area contributed by atoms with Gasteiger partial charge in [0.25, 0.3) is 0 Å². The normalized spacial score (nSPS) is 10.2. The SMILES string of the molecule is Clc1ccccc1N=C(Nc1ccccc1Cl)Nc1ccccc1Cl. The third-order valence-corrected chi connectivity index (χ3v) is 4.32. The number of guanidine groups is 1. The van der Waals surface area contributed by atoms with Crippen LogP contribution in [0.15, 0.2) is 77.8 Å². The van der Waals surface area contributed by atoms with Gasteiger partial charge in [0, 0.05) is 0 Å². The van der Waals surface area contributed by atoms with Crippen molar-refractivity contribution in [3.63, 3.8) is 0 Å². The molecule has 0 spiro atoms. The minimum Gasteiger partial charge on any atom is -0.324 e. The van der Waals surface area contributed by atoms with Crippen molar-refractivity contribution in [2.45, 2.75) is 0 Å². The predicted molar refractivity (Wildman–Crippen MR) is 109 cm³/mol. The Hall–Kier alpha value is -2.20. The van der Waals surface area contributed by atoms with E-state index in [9.17, 15) is 0 Å². The molecule has 0 radical (unpaired) electrons. The summed E-state index contributed by atoms with van der Waals surface area (Å²) >= 11 is 18.7. The first-order valence-corrected chi connectivity index (χ1v) is 8.63. The van der Waals surface area contributed by atoms with Crippen LogP contribution in [-0.2, 0) is 0 Å². The molecule has 3 aromatic carbocycles. The van der Waals surface area contributed by atoms with Crippen LogP contribution in [0, 0.1) is 0 Å². The Morgan fingerprint density at radius 2 is 1.04 bits per heavy atom. The zero-order valence-electron chi connectivity index (χ0n) is 13.0. The van der Waals surface area contributed by atoms with Gasteiger partial charge in [-0.1, -0.05) is 71.2 Å². The maximum Gasteiger partial charge on any atom is 0.205 e. The number of rotatable bonds is 3. The number of hydrogen-bond acceptors (Lipinski definition) is 1. The molecule has 0 amide bonds. The van der Waals surface area contributed by atoms with Gasteiger partial charge >= 0.3 is 0 Å². The second kappa shape index (κ2) is 8.26. The van der Waals surface area contributed by atoms with Crippen LogP contribution in [0.3, 0.4) is 0 Å². The van der Waals surface area contributed by atoms with Gasteiger partial charge in [0.2, 0.25) is 5.96 Å². The molecule has 0 fully saturated rings. The summed E-state index contributed by atoms with van der Waals surface area (Å²) in [5, 5.41) is 8.08. The zero-order chi connectivity index (χ0) is 17.6. The van der Waals surface area contributed by atoms with Gasteiger partial charge in [-0.2, -0.15) is 0 Å². The molecular weight excluding hydrogens is 377 g/mol. The number of nitrogens with one attached hydrogen (secondary N) is 2. The van der Waals surface area contributed by atoms with Gasteiger partial charge in [0.15, 0.2) is 0 Å². The van der Waals surface area contributed by atoms with E-state index in [4.69, 9.17) is 34.8 Å². The quantitative estimate of drug-likeness (QED) is 0.378. The monoisotopic (exact) mass is 389 g/mol. The average Bonchev–Trinajstić information content (AvgIpc) is 2.61. The van der Waals surface area contributed by atoms with Crippen molar-refractivity contribution in [2.24, 2.45) is 4.99 Å². The lowest BCUT2D eigenvalue weighted by atomic mass is 10.3. The fraction of sp³-hybridized carbons (Fsp3) is 0. The summed E-state index contributed by atoms with van der Waals surface area (Å²) in [6.07, 6.45) is 0. The lowest BCUT2D eigenvalue weighted by Gasteiger charge is -2.15. The maximum atomic E-state index is 6.24. The highest BCUT2D eigenvalue weighted by molar-refractivity contribution is 6.35. The van der Waals surface area contributed by atoms with Gasteiger partial charge in [0.1, 0.15) is 0 Å². The summed E-state index contributed by atoms with van der Waals surface area (Å²) in [7, 11) is 0. The maximum absolute atomic E-state index is 6.24. The number of hydrogen-bond donors (Lipinski definition) is 2. The predicted octanol–water partition coefficient (Wildman–Crippen LogP) is 6.86. The van der Waals surface area contributed by atoms with E-state index in [0.717, 1.165) is 11.4 Å². The fourth-order valence-electron chi connectivity index (χ4n) is 2.13. The molecule has 0 heterocycles. The molecule has 3 rings (SSSR count). The molecule has 0 saturated carbocycles. The molecule has 3 aromatic rings. The lowest BCUT2D eigenvalue weighted by molar-refractivity contribution is 1.45. The Morgan fingerprint density at radius 1 is 0.600 bits per heavy atom. The molecule has 0 atom stereocenters. The van der Waals surface area contributed by atoms with Crippen molar-refractivity contribution in [1.29, 1.82) is 0 Å². The molecule has 3 nitrogen and oxygen atoms in total. The smallest absolute Gasteiger partial charge is 0.205 e. The zero-order valence-corrected chi connectivity index (χ0v) is 15.3. The molecule has 25 heavy (non-hydrogen) atoms. The van der Waals surface area contributed by atoms with Crippen molar-refractivity contribution in [1.82, 2.24) is 0 Å². The Labute approximate surface area is 161 Å². The van der Waals surface area contributed by atoms with Crippen molar-refractivity contribution < 1.29 is 0 Å². The van der Waals surface area contributed by atoms with Crippen LogP contribution in [-0.4, -0.2) is 5.96 Å². The van der Waals surface area contributed by atoms with E-state index in [0.29, 0.717) is 26.7 Å². The van der Waals surface area contributed by atoms with E-state index in [2.05, 4.69) is 15.6 Å². The number of halogens is 3. The van der Waals surface area contributed by atoms with Crippen molar-refractivity contribution in [3.8, 4) is 0 Å². The van der Waals surface area contributed by atoms with E-state index in [-0.39, 0.29) is 0 Å². The molecule has 0 aliphatic heterocycles. The van der Waals surface area contributed by atoms with Crippen LogP contribution < -0.4 is 10.6 Å². The standard InChI is InChI=1S/C19H14Cl3N3/c20-13-7-1-4-10-16(13)23-19(24-17-11-5-2-8-14(17)21)25-18-12-6-3-9-15(18)22/h1-12H,(H2,23,24,25). The summed E-state index contributed by atoms with van der Waals surface area (Å²) in [5.41, 5.74) is 2.06. The van der Waals surface area contributed by atoms with E-state index in [1.807, 2.05) is 54.6 Å². The van der Waals surface area contributed by atoms with Gasteiger partial charge in [-0.15, -0.1) is 0 Å². The van der Waals surface area contributed by atoms with Crippen molar-refractivity contribution in [3.05, 3.63) is 87.9 Å². The summed E-state index contributed by atoms with van der Waals surface area (Å²) < 4.78 is 0. The largest absolute Gasteiger partial charge is 0.324 e. The minimum absolute atomic E-state index is 0.453. The third-order valence-electron chi connectivity index (χ3n) is 3.34. The molecule has 6 heteroatoms. The van der Waals surface area contributed by atoms with Crippen LogP contribution in [0.1, 0.15) is 0 Å². The highest BCUT2D eigenvalue weighted by atomic mass is 35.5. The summed E-state index contributed by atoms with van der Waals surface area (Å²) in [6.45, 7) is 0. The first-order chi connectivity index (χ1) is 12.1. The number of para-hydroxylation sites is 3. The van der Waals surface area contributed by atoms with Crippen molar-refractivity contribution >= 4 is 57.8 Å². The van der Waals surface area contributed by atoms with Crippen LogP contribution >= 0.6 is 34.8 Å². The average molecular weight is 391 g/mol. The van der Waals surface area contributed by atoms with Crippen LogP contribution in [0.4, 0.5) is 17.1 Å². The topological polar surface area (TPSA) is 36.4 Å². The number of benzene rings is 3. The molecular formula is C19H14Cl3N3. The molecule has 126 valence electrons. The molecule has 0 aromatic heterocycles. The van der Waals surface area contributed by atoms with Crippen LogP contribution in [0.2, 0.25) is 15.1 Å². The van der Waals surface area contributed by atoms with E-state index >= 15 is 0 Å². The highest BCUT2D eigenvalue weighted by Crippen LogP contribution is 2.27. The number of nitrogens with zero attached hydrogens (tertiary/aromatic N) is 1. The van der Waals surface area contributed by atoms with E-state index in [1.165, 1.54) is 0 Å². The minimum atomic E-state index is 0.453. The first kappa shape index (κ1) is 17.6. The fourth-order valence-corrected chi connectivity index (χ4v) is 2.67. The van der Waals surface area contributed by atoms with Crippen molar-refractivity contribution in [2.75, 3.05) is 10.6 Å². The van der Waals surface area contributed by atoms with Gasteiger partial charge in [-0.05, 0) is 36.4 Å². The molecule has 0 aliphatic carbocycles. The Morgan fingerprint density at radius 3 is 1.52 bits per heavy atom. The van der Waals surface area contributed by atoms with E-state index in [1.54, 1.807) is 18.2 Å². The van der Waals surface area contributed by atoms with Gasteiger partial charge in [-0.3, -0.25) is 0 Å². The van der Waals surface area contributed by atoms with Gasteiger partial charge in [-0.25, -0.2) is 4.99 Å². The first-order valence-electron chi connectivity index (χ1n) is 7.50.